The van der Waals surface area contributed by atoms with Crippen molar-refractivity contribution < 1.29 is 13.2 Å². The fraction of sp³-hybridized carbons (Fsp3) is 0.700. The lowest BCUT2D eigenvalue weighted by molar-refractivity contribution is -0.141. The number of aryl methyl sites for hydroxylation is 1. The molecule has 0 fully saturated rings. The molecule has 0 aromatic carbocycles. The van der Waals surface area contributed by atoms with Gasteiger partial charge in [0.2, 0.25) is 0 Å². The average Bonchev–Trinajstić information content (AvgIpc) is 2.56. The molecule has 3 nitrogen and oxygen atoms in total. The number of aromatic nitrogens is 2. The van der Waals surface area contributed by atoms with Crippen LogP contribution in [0.25, 0.3) is 0 Å². The van der Waals surface area contributed by atoms with E-state index in [0.29, 0.717) is 18.7 Å². The summed E-state index contributed by atoms with van der Waals surface area (Å²) in [6.45, 7) is 3.98. The highest BCUT2D eigenvalue weighted by atomic mass is 19.4. The molecule has 16 heavy (non-hydrogen) atoms. The van der Waals surface area contributed by atoms with Gasteiger partial charge in [-0.2, -0.15) is 18.3 Å². The minimum Gasteiger partial charge on any atom is -0.330 e. The van der Waals surface area contributed by atoms with Crippen LogP contribution in [0.2, 0.25) is 0 Å². The molecule has 0 aliphatic heterocycles. The first-order valence-corrected chi connectivity index (χ1v) is 5.23. The number of nitrogens with two attached hydrogens (primary N) is 1. The molecule has 0 radical (unpaired) electrons. The summed E-state index contributed by atoms with van der Waals surface area (Å²) in [5.74, 6) is 0. The van der Waals surface area contributed by atoms with Gasteiger partial charge in [0.1, 0.15) is 0 Å². The summed E-state index contributed by atoms with van der Waals surface area (Å²) in [5, 5.41) is 3.61. The van der Waals surface area contributed by atoms with Gasteiger partial charge >= 0.3 is 6.18 Å². The standard InChI is InChI=1S/C10H16F3N3/c1-3-8(4-5-14)16-7(2)6-9(15-16)10(11,12)13/h6,8H,3-5,14H2,1-2H3/t8-/m1/s1. The molecule has 1 atom stereocenters. The van der Waals surface area contributed by atoms with Crippen molar-refractivity contribution in [2.75, 3.05) is 6.54 Å². The molecule has 0 saturated carbocycles. The molecule has 6 heteroatoms. The summed E-state index contributed by atoms with van der Waals surface area (Å²) in [6.07, 6.45) is -3.02. The van der Waals surface area contributed by atoms with Gasteiger partial charge in [-0.3, -0.25) is 4.68 Å². The van der Waals surface area contributed by atoms with Crippen molar-refractivity contribution in [1.29, 1.82) is 0 Å². The highest BCUT2D eigenvalue weighted by Crippen LogP contribution is 2.30. The van der Waals surface area contributed by atoms with Gasteiger partial charge in [-0.1, -0.05) is 6.92 Å². The smallest absolute Gasteiger partial charge is 0.330 e. The van der Waals surface area contributed by atoms with Crippen molar-refractivity contribution in [3.8, 4) is 0 Å². The van der Waals surface area contributed by atoms with Crippen LogP contribution in [-0.2, 0) is 6.18 Å². The quantitative estimate of drug-likeness (QED) is 0.871. The predicted molar refractivity (Wildman–Crippen MR) is 55.0 cm³/mol. The van der Waals surface area contributed by atoms with Crippen LogP contribution in [0.3, 0.4) is 0 Å². The highest BCUT2D eigenvalue weighted by molar-refractivity contribution is 5.12. The molecule has 1 aromatic rings. The highest BCUT2D eigenvalue weighted by Gasteiger charge is 2.34. The molecule has 0 aliphatic carbocycles. The Morgan fingerprint density at radius 3 is 2.50 bits per heavy atom. The number of hydrogen-bond acceptors (Lipinski definition) is 2. The lowest BCUT2D eigenvalue weighted by Gasteiger charge is -2.16. The molecule has 0 aliphatic rings. The molecule has 1 heterocycles. The molecule has 2 N–H and O–H groups in total. The molecule has 0 saturated heterocycles. The SMILES string of the molecule is CC[C@H](CCN)n1nc(C(F)(F)F)cc1C. The largest absolute Gasteiger partial charge is 0.435 e. The molecule has 0 spiro atoms. The molecular formula is C10H16F3N3. The zero-order valence-electron chi connectivity index (χ0n) is 9.38. The van der Waals surface area contributed by atoms with Crippen LogP contribution >= 0.6 is 0 Å². The van der Waals surface area contributed by atoms with E-state index in [9.17, 15) is 13.2 Å². The molecule has 92 valence electrons. The normalized spacial score (nSPS) is 14.1. The van der Waals surface area contributed by atoms with E-state index in [-0.39, 0.29) is 6.04 Å². The van der Waals surface area contributed by atoms with Crippen LogP contribution in [0, 0.1) is 6.92 Å². The summed E-state index contributed by atoms with van der Waals surface area (Å²) < 4.78 is 38.7. The maximum atomic E-state index is 12.4. The Balaban J connectivity index is 3.00. The van der Waals surface area contributed by atoms with Crippen LogP contribution in [0.15, 0.2) is 6.07 Å². The minimum atomic E-state index is -4.38. The third kappa shape index (κ3) is 2.75. The van der Waals surface area contributed by atoms with Crippen LogP contribution in [-0.4, -0.2) is 16.3 Å². The molecule has 1 rings (SSSR count). The first-order valence-electron chi connectivity index (χ1n) is 5.23. The second-order valence-corrected chi connectivity index (χ2v) is 3.75. The molecule has 0 amide bonds. The summed E-state index contributed by atoms with van der Waals surface area (Å²) in [4.78, 5) is 0. The van der Waals surface area contributed by atoms with Gasteiger partial charge in [0, 0.05) is 5.69 Å². The molecule has 0 unspecified atom stereocenters. The summed E-state index contributed by atoms with van der Waals surface area (Å²) in [6, 6.07) is 1.01. The van der Waals surface area contributed by atoms with E-state index in [4.69, 9.17) is 5.73 Å². The van der Waals surface area contributed by atoms with Gasteiger partial charge in [-0.25, -0.2) is 0 Å². The summed E-state index contributed by atoms with van der Waals surface area (Å²) in [7, 11) is 0. The van der Waals surface area contributed by atoms with Gasteiger partial charge < -0.3 is 5.73 Å². The Kier molecular flexibility index (Phi) is 3.96. The summed E-state index contributed by atoms with van der Waals surface area (Å²) in [5.41, 5.74) is 5.11. The van der Waals surface area contributed by atoms with E-state index < -0.39 is 11.9 Å². The first-order chi connectivity index (χ1) is 7.40. The number of nitrogens with zero attached hydrogens (tertiary/aromatic N) is 2. The van der Waals surface area contributed by atoms with Crippen molar-refractivity contribution in [2.45, 2.75) is 38.9 Å². The lowest BCUT2D eigenvalue weighted by atomic mass is 10.1. The van der Waals surface area contributed by atoms with Crippen molar-refractivity contribution in [2.24, 2.45) is 5.73 Å². The zero-order valence-corrected chi connectivity index (χ0v) is 9.38. The molecule has 0 bridgehead atoms. The van der Waals surface area contributed by atoms with E-state index in [1.54, 1.807) is 6.92 Å². The Bertz CT molecular complexity index is 344. The zero-order chi connectivity index (χ0) is 12.3. The van der Waals surface area contributed by atoms with E-state index in [0.717, 1.165) is 12.5 Å². The van der Waals surface area contributed by atoms with Gasteiger partial charge in [-0.15, -0.1) is 0 Å². The second kappa shape index (κ2) is 4.86. The minimum absolute atomic E-state index is 0.0545. The monoisotopic (exact) mass is 235 g/mol. The average molecular weight is 235 g/mol. The van der Waals surface area contributed by atoms with Gasteiger partial charge in [0.25, 0.3) is 0 Å². The van der Waals surface area contributed by atoms with E-state index in [1.165, 1.54) is 4.68 Å². The number of halogens is 3. The Labute approximate surface area is 92.4 Å². The van der Waals surface area contributed by atoms with Crippen LogP contribution in [0.4, 0.5) is 13.2 Å². The Morgan fingerprint density at radius 1 is 1.50 bits per heavy atom. The second-order valence-electron chi connectivity index (χ2n) is 3.75. The van der Waals surface area contributed by atoms with Gasteiger partial charge in [0.15, 0.2) is 5.69 Å². The first kappa shape index (κ1) is 13.0. The van der Waals surface area contributed by atoms with Crippen molar-refractivity contribution in [3.63, 3.8) is 0 Å². The maximum absolute atomic E-state index is 12.4. The van der Waals surface area contributed by atoms with Crippen LogP contribution < -0.4 is 5.73 Å². The van der Waals surface area contributed by atoms with Gasteiger partial charge in [0.05, 0.1) is 6.04 Å². The Morgan fingerprint density at radius 2 is 2.12 bits per heavy atom. The van der Waals surface area contributed by atoms with E-state index >= 15 is 0 Å². The molecular weight excluding hydrogens is 219 g/mol. The fourth-order valence-corrected chi connectivity index (χ4v) is 1.69. The molecule has 1 aromatic heterocycles. The van der Waals surface area contributed by atoms with Crippen LogP contribution in [0.1, 0.15) is 37.2 Å². The Hall–Kier alpha value is -1.04. The van der Waals surface area contributed by atoms with E-state index in [1.807, 2.05) is 6.92 Å². The van der Waals surface area contributed by atoms with Gasteiger partial charge in [-0.05, 0) is 32.4 Å². The number of rotatable bonds is 4. The maximum Gasteiger partial charge on any atom is 0.435 e. The fourth-order valence-electron chi connectivity index (χ4n) is 1.69. The van der Waals surface area contributed by atoms with Crippen molar-refractivity contribution in [1.82, 2.24) is 9.78 Å². The van der Waals surface area contributed by atoms with E-state index in [2.05, 4.69) is 5.10 Å². The number of hydrogen-bond donors (Lipinski definition) is 1. The number of alkyl halides is 3. The van der Waals surface area contributed by atoms with Crippen molar-refractivity contribution in [3.05, 3.63) is 17.5 Å². The van der Waals surface area contributed by atoms with Crippen LogP contribution in [0.5, 0.6) is 0 Å². The summed E-state index contributed by atoms with van der Waals surface area (Å²) >= 11 is 0. The third-order valence-corrected chi connectivity index (χ3v) is 2.53. The third-order valence-electron chi connectivity index (χ3n) is 2.53. The topological polar surface area (TPSA) is 43.8 Å². The van der Waals surface area contributed by atoms with Crippen molar-refractivity contribution >= 4 is 0 Å². The predicted octanol–water partition coefficient (Wildman–Crippen LogP) is 2.51. The lowest BCUT2D eigenvalue weighted by Crippen LogP contribution is -2.16.